The lowest BCUT2D eigenvalue weighted by molar-refractivity contribution is -0.0472. The van der Waals surface area contributed by atoms with Gasteiger partial charge in [-0.1, -0.05) is 25.5 Å². The second kappa shape index (κ2) is 8.72. The zero-order chi connectivity index (χ0) is 14.9. The molecule has 0 aromatic rings. The van der Waals surface area contributed by atoms with E-state index in [1.807, 2.05) is 26.8 Å². The topological polar surface area (TPSA) is 33.0 Å². The summed E-state index contributed by atoms with van der Waals surface area (Å²) in [5.74, 6) is 0. The summed E-state index contributed by atoms with van der Waals surface area (Å²) in [5.41, 5.74) is 1.59. The summed E-state index contributed by atoms with van der Waals surface area (Å²) in [5, 5.41) is 9.32. The molecule has 0 bridgehead atoms. The van der Waals surface area contributed by atoms with E-state index in [0.717, 1.165) is 24.0 Å². The predicted molar refractivity (Wildman–Crippen MR) is 81.8 cm³/mol. The third-order valence-electron chi connectivity index (χ3n) is 2.67. The minimum Gasteiger partial charge on any atom is -0.368 e. The van der Waals surface area contributed by atoms with E-state index in [9.17, 15) is 5.26 Å². The summed E-state index contributed by atoms with van der Waals surface area (Å²) in [6, 6.07) is 2.29. The number of allylic oxidation sites excluding steroid dienone is 3. The highest BCUT2D eigenvalue weighted by molar-refractivity contribution is 5.33. The van der Waals surface area contributed by atoms with Crippen molar-refractivity contribution in [3.05, 3.63) is 36.5 Å². The van der Waals surface area contributed by atoms with Gasteiger partial charge < -0.3 is 4.74 Å². The molecule has 1 atom stereocenters. The molecular formula is C17H27NO. The Bertz CT molecular complexity index is 366. The van der Waals surface area contributed by atoms with Gasteiger partial charge in [0.2, 0.25) is 0 Å². The maximum atomic E-state index is 9.32. The fourth-order valence-corrected chi connectivity index (χ4v) is 1.99. The monoisotopic (exact) mass is 261 g/mol. The number of rotatable bonds is 8. The maximum absolute atomic E-state index is 9.32. The Morgan fingerprint density at radius 1 is 1.26 bits per heavy atom. The van der Waals surface area contributed by atoms with Crippen LogP contribution in [0.4, 0.5) is 0 Å². The highest BCUT2D eigenvalue weighted by Gasteiger charge is 2.23. The van der Waals surface area contributed by atoms with E-state index < -0.39 is 0 Å². The molecule has 0 amide bonds. The minimum absolute atomic E-state index is 0.0161. The van der Waals surface area contributed by atoms with Gasteiger partial charge in [0.05, 0.1) is 17.8 Å². The van der Waals surface area contributed by atoms with Crippen LogP contribution in [0.25, 0.3) is 0 Å². The van der Waals surface area contributed by atoms with Gasteiger partial charge in [0.1, 0.15) is 0 Å². The van der Waals surface area contributed by atoms with Gasteiger partial charge in [0.25, 0.3) is 0 Å². The number of nitriles is 1. The molecule has 0 saturated heterocycles. The van der Waals surface area contributed by atoms with Gasteiger partial charge in [0, 0.05) is 12.0 Å². The van der Waals surface area contributed by atoms with Crippen LogP contribution in [0, 0.1) is 11.3 Å². The van der Waals surface area contributed by atoms with Crippen LogP contribution in [0.2, 0.25) is 0 Å². The van der Waals surface area contributed by atoms with Gasteiger partial charge in [-0.2, -0.15) is 5.26 Å². The molecule has 0 radical (unpaired) electrons. The van der Waals surface area contributed by atoms with Crippen molar-refractivity contribution >= 4 is 0 Å². The van der Waals surface area contributed by atoms with Crippen LogP contribution in [0.5, 0.6) is 0 Å². The lowest BCUT2D eigenvalue weighted by atomic mass is 9.94. The van der Waals surface area contributed by atoms with E-state index in [4.69, 9.17) is 4.74 Å². The molecule has 106 valence electrons. The first-order chi connectivity index (χ1) is 8.89. The van der Waals surface area contributed by atoms with Crippen molar-refractivity contribution in [1.82, 2.24) is 0 Å². The van der Waals surface area contributed by atoms with Crippen LogP contribution in [-0.2, 0) is 4.74 Å². The summed E-state index contributed by atoms with van der Waals surface area (Å²) in [6.45, 7) is 15.8. The molecule has 0 fully saturated rings. The van der Waals surface area contributed by atoms with Crippen molar-refractivity contribution in [2.45, 2.75) is 65.1 Å². The molecule has 0 aliphatic carbocycles. The Labute approximate surface area is 118 Å². The van der Waals surface area contributed by atoms with Crippen molar-refractivity contribution in [2.75, 3.05) is 0 Å². The number of nitrogens with zero attached hydrogens (tertiary/aromatic N) is 1. The fourth-order valence-electron chi connectivity index (χ4n) is 1.99. The summed E-state index contributed by atoms with van der Waals surface area (Å²) >= 11 is 0. The first-order valence-corrected chi connectivity index (χ1v) is 6.91. The van der Waals surface area contributed by atoms with E-state index >= 15 is 0 Å². The molecule has 19 heavy (non-hydrogen) atoms. The zero-order valence-electron chi connectivity index (χ0n) is 12.8. The van der Waals surface area contributed by atoms with Gasteiger partial charge in [-0.3, -0.25) is 0 Å². The number of hydrogen-bond donors (Lipinski definition) is 0. The van der Waals surface area contributed by atoms with Gasteiger partial charge in [-0.25, -0.2) is 0 Å². The predicted octanol–water partition coefficient (Wildman–Crippen LogP) is 4.94. The van der Waals surface area contributed by atoms with E-state index in [2.05, 4.69) is 26.2 Å². The lowest BCUT2D eigenvalue weighted by Gasteiger charge is -2.29. The molecule has 0 heterocycles. The Morgan fingerprint density at radius 3 is 2.21 bits per heavy atom. The van der Waals surface area contributed by atoms with Crippen LogP contribution in [0.3, 0.4) is 0 Å². The molecule has 0 aromatic carbocycles. The van der Waals surface area contributed by atoms with Gasteiger partial charge in [0.15, 0.2) is 0 Å². The van der Waals surface area contributed by atoms with Crippen molar-refractivity contribution < 1.29 is 4.74 Å². The zero-order valence-corrected chi connectivity index (χ0v) is 12.8. The average molecular weight is 261 g/mol. The quantitative estimate of drug-likeness (QED) is 0.458. The highest BCUT2D eigenvalue weighted by atomic mass is 16.5. The normalized spacial score (nSPS) is 14.3. The summed E-state index contributed by atoms with van der Waals surface area (Å²) < 4.78 is 6.13. The Kier molecular flexibility index (Phi) is 8.11. The third kappa shape index (κ3) is 6.98. The van der Waals surface area contributed by atoms with Crippen LogP contribution in [-0.4, -0.2) is 11.7 Å². The third-order valence-corrected chi connectivity index (χ3v) is 2.67. The Hall–Kier alpha value is -1.33. The largest absolute Gasteiger partial charge is 0.368 e. The van der Waals surface area contributed by atoms with Crippen LogP contribution < -0.4 is 0 Å². The van der Waals surface area contributed by atoms with Crippen molar-refractivity contribution in [1.29, 1.82) is 5.26 Å². The second-order valence-electron chi connectivity index (χ2n) is 5.61. The number of ether oxygens (including phenoxy) is 1. The Morgan fingerprint density at radius 2 is 1.84 bits per heavy atom. The molecular weight excluding hydrogens is 234 g/mol. The smallest absolute Gasteiger partial charge is 0.0951 e. The molecule has 0 N–H and O–H groups in total. The summed E-state index contributed by atoms with van der Waals surface area (Å²) in [4.78, 5) is 0. The molecule has 2 heteroatoms. The van der Waals surface area contributed by atoms with E-state index in [1.165, 1.54) is 0 Å². The Balaban J connectivity index is 5.43. The lowest BCUT2D eigenvalue weighted by Crippen LogP contribution is -2.29. The molecule has 1 unspecified atom stereocenters. The van der Waals surface area contributed by atoms with Crippen molar-refractivity contribution in [2.24, 2.45) is 0 Å². The molecule has 0 aliphatic heterocycles. The number of hydrogen-bond acceptors (Lipinski definition) is 2. The van der Waals surface area contributed by atoms with Gasteiger partial charge >= 0.3 is 0 Å². The molecule has 0 aliphatic rings. The van der Waals surface area contributed by atoms with Crippen LogP contribution in [0.1, 0.15) is 53.4 Å². The molecule has 0 aromatic heterocycles. The molecule has 0 rings (SSSR count). The van der Waals surface area contributed by atoms with Crippen LogP contribution >= 0.6 is 0 Å². The van der Waals surface area contributed by atoms with Gasteiger partial charge in [-0.15, -0.1) is 13.2 Å². The first-order valence-electron chi connectivity index (χ1n) is 6.91. The second-order valence-corrected chi connectivity index (χ2v) is 5.61. The average Bonchev–Trinajstić information content (AvgIpc) is 2.31. The molecule has 0 saturated carbocycles. The maximum Gasteiger partial charge on any atom is 0.0951 e. The first kappa shape index (κ1) is 17.7. The van der Waals surface area contributed by atoms with Crippen molar-refractivity contribution in [3.63, 3.8) is 0 Å². The summed E-state index contributed by atoms with van der Waals surface area (Å²) in [6.07, 6.45) is 6.81. The van der Waals surface area contributed by atoms with Gasteiger partial charge in [-0.05, 0) is 39.2 Å². The van der Waals surface area contributed by atoms with Crippen LogP contribution in [0.15, 0.2) is 36.5 Å². The molecule has 0 spiro atoms. The van der Waals surface area contributed by atoms with E-state index in [-0.39, 0.29) is 11.7 Å². The SMILES string of the molecule is C=CC/C(C#N)=C(/CC=C)C(CCC)OC(C)(C)C. The van der Waals surface area contributed by atoms with Crippen molar-refractivity contribution in [3.8, 4) is 6.07 Å². The standard InChI is InChI=1S/C17H27NO/c1-7-10-14(13-18)15(11-8-2)16(12-9-3)19-17(4,5)6/h7-8,16H,1-2,9-12H2,3-6H3/b15-14+. The van der Waals surface area contributed by atoms with E-state index in [0.29, 0.717) is 12.8 Å². The fraction of sp³-hybridized carbons (Fsp3) is 0.588. The highest BCUT2D eigenvalue weighted by Crippen LogP contribution is 2.26. The van der Waals surface area contributed by atoms with E-state index in [1.54, 1.807) is 6.08 Å². The summed E-state index contributed by atoms with van der Waals surface area (Å²) in [7, 11) is 0. The molecule has 2 nitrogen and oxygen atoms in total. The minimum atomic E-state index is -0.221.